The molecule has 3 aromatic carbocycles. The number of piperidine rings is 1. The Balaban J connectivity index is 1.39. The van der Waals surface area contributed by atoms with Crippen LogP contribution in [0, 0.1) is 5.92 Å². The lowest BCUT2D eigenvalue weighted by molar-refractivity contribution is 0.0690. The molecule has 1 fully saturated rings. The van der Waals surface area contributed by atoms with E-state index in [-0.39, 0.29) is 15.7 Å². The van der Waals surface area contributed by atoms with E-state index in [1.54, 1.807) is 42.5 Å². The third-order valence-electron chi connectivity index (χ3n) is 5.73. The highest BCUT2D eigenvalue weighted by Gasteiger charge is 2.24. The maximum atomic E-state index is 12.9. The number of carbonyl (C=O) groups is 1. The molecule has 4 nitrogen and oxygen atoms in total. The van der Waals surface area contributed by atoms with Gasteiger partial charge in [-0.3, -0.25) is 4.79 Å². The van der Waals surface area contributed by atoms with Crippen LogP contribution < -0.4 is 0 Å². The number of rotatable bonds is 5. The Kier molecular flexibility index (Phi) is 6.00. The molecular formula is C25H25NO3S. The van der Waals surface area contributed by atoms with Crippen LogP contribution in [0.1, 0.15) is 28.8 Å². The van der Waals surface area contributed by atoms with Crippen LogP contribution >= 0.6 is 0 Å². The van der Waals surface area contributed by atoms with Gasteiger partial charge in [0, 0.05) is 18.7 Å². The summed E-state index contributed by atoms with van der Waals surface area (Å²) >= 11 is 0. The first-order valence-electron chi connectivity index (χ1n) is 10.3. The number of nitrogens with zero attached hydrogens (tertiary/aromatic N) is 1. The summed E-state index contributed by atoms with van der Waals surface area (Å²) in [6, 6.07) is 25.1. The largest absolute Gasteiger partial charge is 0.339 e. The minimum Gasteiger partial charge on any atom is -0.339 e. The molecule has 1 aliphatic heterocycles. The fourth-order valence-electron chi connectivity index (χ4n) is 3.98. The van der Waals surface area contributed by atoms with Gasteiger partial charge < -0.3 is 4.90 Å². The lowest BCUT2D eigenvalue weighted by Gasteiger charge is -2.32. The van der Waals surface area contributed by atoms with Gasteiger partial charge in [-0.05, 0) is 67.1 Å². The van der Waals surface area contributed by atoms with Crippen molar-refractivity contribution in [3.63, 3.8) is 0 Å². The maximum absolute atomic E-state index is 12.9. The minimum absolute atomic E-state index is 0.0307. The second kappa shape index (κ2) is 8.84. The summed E-state index contributed by atoms with van der Waals surface area (Å²) in [5.74, 6) is 0.562. The van der Waals surface area contributed by atoms with E-state index < -0.39 is 9.84 Å². The Hall–Kier alpha value is -2.92. The van der Waals surface area contributed by atoms with E-state index in [4.69, 9.17) is 0 Å². The van der Waals surface area contributed by atoms with Crippen LogP contribution in [0.2, 0.25) is 0 Å². The van der Waals surface area contributed by atoms with Crippen molar-refractivity contribution in [2.24, 2.45) is 5.92 Å². The van der Waals surface area contributed by atoms with E-state index >= 15 is 0 Å². The summed E-state index contributed by atoms with van der Waals surface area (Å²) in [5.41, 5.74) is 1.88. The fourth-order valence-corrected chi connectivity index (χ4v) is 5.26. The third kappa shape index (κ3) is 4.46. The Morgan fingerprint density at radius 3 is 1.90 bits per heavy atom. The number of hydrogen-bond acceptors (Lipinski definition) is 3. The van der Waals surface area contributed by atoms with Gasteiger partial charge in [0.2, 0.25) is 9.84 Å². The molecule has 1 heterocycles. The SMILES string of the molecule is O=C(c1ccc(S(=O)(=O)c2ccccc2)cc1)N1CCC(Cc2ccccc2)CC1. The molecule has 0 spiro atoms. The number of likely N-dealkylation sites (tertiary alicyclic amines) is 1. The van der Waals surface area contributed by atoms with E-state index in [0.29, 0.717) is 11.5 Å². The lowest BCUT2D eigenvalue weighted by atomic mass is 9.90. The number of sulfone groups is 1. The number of hydrogen-bond donors (Lipinski definition) is 0. The van der Waals surface area contributed by atoms with Crippen molar-refractivity contribution >= 4 is 15.7 Å². The molecule has 154 valence electrons. The highest BCUT2D eigenvalue weighted by atomic mass is 32.2. The highest BCUT2D eigenvalue weighted by molar-refractivity contribution is 7.91. The molecular weight excluding hydrogens is 394 g/mol. The summed E-state index contributed by atoms with van der Waals surface area (Å²) in [6.45, 7) is 1.47. The van der Waals surface area contributed by atoms with Crippen molar-refractivity contribution in [2.75, 3.05) is 13.1 Å². The van der Waals surface area contributed by atoms with E-state index in [2.05, 4.69) is 24.3 Å². The number of carbonyl (C=O) groups excluding carboxylic acids is 1. The first-order chi connectivity index (χ1) is 14.5. The molecule has 5 heteroatoms. The standard InChI is InChI=1S/C25H25NO3S/c27-25(26-17-15-21(16-18-26)19-20-7-3-1-4-8-20)22-11-13-24(14-12-22)30(28,29)23-9-5-2-6-10-23/h1-14,21H,15-19H2. The first-order valence-corrected chi connectivity index (χ1v) is 11.8. The van der Waals surface area contributed by atoms with E-state index in [1.807, 2.05) is 11.0 Å². The molecule has 1 saturated heterocycles. The van der Waals surface area contributed by atoms with Gasteiger partial charge in [0.25, 0.3) is 5.91 Å². The quantitative estimate of drug-likeness (QED) is 0.607. The van der Waals surface area contributed by atoms with Gasteiger partial charge in [-0.1, -0.05) is 48.5 Å². The van der Waals surface area contributed by atoms with Crippen molar-refractivity contribution in [3.8, 4) is 0 Å². The van der Waals surface area contributed by atoms with E-state index in [1.165, 1.54) is 17.7 Å². The zero-order valence-electron chi connectivity index (χ0n) is 16.8. The molecule has 0 unspecified atom stereocenters. The molecule has 1 aliphatic rings. The second-order valence-corrected chi connectivity index (χ2v) is 9.72. The molecule has 0 aliphatic carbocycles. The molecule has 0 radical (unpaired) electrons. The molecule has 0 atom stereocenters. The topological polar surface area (TPSA) is 54.5 Å². The average molecular weight is 420 g/mol. The van der Waals surface area contributed by atoms with Gasteiger partial charge in [-0.2, -0.15) is 0 Å². The Labute approximate surface area is 178 Å². The minimum atomic E-state index is -3.57. The van der Waals surface area contributed by atoms with Gasteiger partial charge in [0.1, 0.15) is 0 Å². The monoisotopic (exact) mass is 419 g/mol. The molecule has 0 N–H and O–H groups in total. The van der Waals surface area contributed by atoms with Crippen molar-refractivity contribution < 1.29 is 13.2 Å². The highest BCUT2D eigenvalue weighted by Crippen LogP contribution is 2.24. The summed E-state index contributed by atoms with van der Waals surface area (Å²) in [5, 5.41) is 0. The molecule has 0 aromatic heterocycles. The second-order valence-electron chi connectivity index (χ2n) is 7.77. The van der Waals surface area contributed by atoms with Gasteiger partial charge >= 0.3 is 0 Å². The van der Waals surface area contributed by atoms with Gasteiger partial charge in [0.05, 0.1) is 9.79 Å². The zero-order chi connectivity index (χ0) is 21.0. The summed E-state index contributed by atoms with van der Waals surface area (Å²) < 4.78 is 25.4. The predicted molar refractivity (Wildman–Crippen MR) is 117 cm³/mol. The van der Waals surface area contributed by atoms with Crippen LogP contribution in [0.15, 0.2) is 94.7 Å². The fraction of sp³-hybridized carbons (Fsp3) is 0.240. The summed E-state index contributed by atoms with van der Waals surface area (Å²) in [6.07, 6.45) is 3.02. The molecule has 0 saturated carbocycles. The summed E-state index contributed by atoms with van der Waals surface area (Å²) in [7, 11) is -3.57. The summed E-state index contributed by atoms with van der Waals surface area (Å²) in [4.78, 5) is 15.2. The third-order valence-corrected chi connectivity index (χ3v) is 7.52. The first kappa shape index (κ1) is 20.4. The predicted octanol–water partition coefficient (Wildman–Crippen LogP) is 4.61. The normalized spacial score (nSPS) is 15.1. The van der Waals surface area contributed by atoms with Gasteiger partial charge in [-0.25, -0.2) is 8.42 Å². The average Bonchev–Trinajstić information content (AvgIpc) is 2.80. The molecule has 1 amide bonds. The Morgan fingerprint density at radius 1 is 0.767 bits per heavy atom. The van der Waals surface area contributed by atoms with Crippen molar-refractivity contribution in [2.45, 2.75) is 29.1 Å². The molecule has 30 heavy (non-hydrogen) atoms. The van der Waals surface area contributed by atoms with Crippen molar-refractivity contribution in [1.82, 2.24) is 4.90 Å². The zero-order valence-corrected chi connectivity index (χ0v) is 17.6. The van der Waals surface area contributed by atoms with Crippen LogP contribution in [0.25, 0.3) is 0 Å². The van der Waals surface area contributed by atoms with E-state index in [0.717, 1.165) is 32.4 Å². The van der Waals surface area contributed by atoms with Crippen LogP contribution in [0.4, 0.5) is 0 Å². The van der Waals surface area contributed by atoms with Crippen LogP contribution in [0.3, 0.4) is 0 Å². The van der Waals surface area contributed by atoms with Crippen molar-refractivity contribution in [1.29, 1.82) is 0 Å². The van der Waals surface area contributed by atoms with Crippen LogP contribution in [-0.2, 0) is 16.3 Å². The molecule has 0 bridgehead atoms. The number of amides is 1. The van der Waals surface area contributed by atoms with Gasteiger partial charge in [0.15, 0.2) is 0 Å². The Bertz CT molecular complexity index is 1090. The van der Waals surface area contributed by atoms with Crippen molar-refractivity contribution in [3.05, 3.63) is 96.1 Å². The van der Waals surface area contributed by atoms with E-state index in [9.17, 15) is 13.2 Å². The molecule has 3 aromatic rings. The maximum Gasteiger partial charge on any atom is 0.253 e. The smallest absolute Gasteiger partial charge is 0.253 e. The molecule has 4 rings (SSSR count). The van der Waals surface area contributed by atoms with Crippen LogP contribution in [0.5, 0.6) is 0 Å². The number of benzene rings is 3. The van der Waals surface area contributed by atoms with Gasteiger partial charge in [-0.15, -0.1) is 0 Å². The van der Waals surface area contributed by atoms with Crippen LogP contribution in [-0.4, -0.2) is 32.3 Å². The lowest BCUT2D eigenvalue weighted by Crippen LogP contribution is -2.38. The Morgan fingerprint density at radius 2 is 1.30 bits per heavy atom.